The van der Waals surface area contributed by atoms with E-state index in [1.165, 1.54) is 12.0 Å². The van der Waals surface area contributed by atoms with Crippen LogP contribution in [0, 0.1) is 11.8 Å². The minimum Gasteiger partial charge on any atom is -0.359 e. The predicted molar refractivity (Wildman–Crippen MR) is 133 cm³/mol. The van der Waals surface area contributed by atoms with Gasteiger partial charge in [-0.1, -0.05) is 37.3 Å². The second-order valence-corrected chi connectivity index (χ2v) is 9.94. The average molecular weight is 459 g/mol. The van der Waals surface area contributed by atoms with Crippen molar-refractivity contribution in [3.05, 3.63) is 66.1 Å². The normalized spacial score (nSPS) is 20.4. The SMILES string of the molecule is CC(Cc1ccccc1)C(=O)N1CCCCC1C1CCN(C(=O)c2c[nH]c3cnccc23)CC1. The number of carbonyl (C=O) groups is 2. The molecule has 2 aliphatic rings. The Morgan fingerprint density at radius 2 is 1.85 bits per heavy atom. The van der Waals surface area contributed by atoms with Gasteiger partial charge in [0.05, 0.1) is 17.3 Å². The number of hydrogen-bond donors (Lipinski definition) is 1. The summed E-state index contributed by atoms with van der Waals surface area (Å²) in [7, 11) is 0. The lowest BCUT2D eigenvalue weighted by Gasteiger charge is -2.44. The average Bonchev–Trinajstić information content (AvgIpc) is 3.33. The molecule has 1 aromatic carbocycles. The van der Waals surface area contributed by atoms with Crippen molar-refractivity contribution >= 4 is 22.7 Å². The molecule has 0 spiro atoms. The zero-order valence-electron chi connectivity index (χ0n) is 20.0. The molecule has 1 N–H and O–H groups in total. The van der Waals surface area contributed by atoms with Crippen molar-refractivity contribution in [2.24, 2.45) is 11.8 Å². The van der Waals surface area contributed by atoms with Crippen LogP contribution in [0.5, 0.6) is 0 Å². The van der Waals surface area contributed by atoms with Crippen molar-refractivity contribution < 1.29 is 9.59 Å². The molecule has 6 nitrogen and oxygen atoms in total. The Kier molecular flexibility index (Phi) is 6.66. The van der Waals surface area contributed by atoms with Crippen LogP contribution in [-0.4, -0.2) is 57.3 Å². The van der Waals surface area contributed by atoms with Gasteiger partial charge in [-0.05, 0) is 56.1 Å². The van der Waals surface area contributed by atoms with Gasteiger partial charge in [-0.2, -0.15) is 0 Å². The van der Waals surface area contributed by atoms with E-state index in [4.69, 9.17) is 0 Å². The fraction of sp³-hybridized carbons (Fsp3) is 0.464. The Bertz CT molecular complexity index is 1130. The fourth-order valence-corrected chi connectivity index (χ4v) is 5.87. The minimum atomic E-state index is -0.0129. The van der Waals surface area contributed by atoms with Crippen molar-refractivity contribution in [1.29, 1.82) is 0 Å². The maximum absolute atomic E-state index is 13.5. The summed E-state index contributed by atoms with van der Waals surface area (Å²) in [4.78, 5) is 38.1. The van der Waals surface area contributed by atoms with Crippen LogP contribution in [0.2, 0.25) is 0 Å². The summed E-state index contributed by atoms with van der Waals surface area (Å²) in [6.07, 6.45) is 11.3. The molecule has 2 aromatic heterocycles. The molecule has 0 saturated carbocycles. The number of benzene rings is 1. The van der Waals surface area contributed by atoms with Crippen molar-refractivity contribution in [2.75, 3.05) is 19.6 Å². The number of carbonyl (C=O) groups excluding carboxylic acids is 2. The molecule has 2 unspecified atom stereocenters. The third-order valence-electron chi connectivity index (χ3n) is 7.72. The molecule has 3 aromatic rings. The standard InChI is InChI=1S/C28H34N4O2/c1-20(17-21-7-3-2-4-8-21)27(33)32-14-6-5-9-26(32)22-11-15-31(16-12-22)28(34)24-18-30-25-19-29-13-10-23(24)25/h2-4,7-8,10,13,18-20,22,26,30H,5-6,9,11-12,14-17H2,1H3. The van der Waals surface area contributed by atoms with Crippen LogP contribution in [0.4, 0.5) is 0 Å². The number of hydrogen-bond acceptors (Lipinski definition) is 3. The van der Waals surface area contributed by atoms with Gasteiger partial charge in [0.15, 0.2) is 0 Å². The smallest absolute Gasteiger partial charge is 0.256 e. The molecule has 5 rings (SSSR count). The van der Waals surface area contributed by atoms with Crippen LogP contribution < -0.4 is 0 Å². The van der Waals surface area contributed by atoms with Gasteiger partial charge < -0.3 is 14.8 Å². The summed E-state index contributed by atoms with van der Waals surface area (Å²) in [5.74, 6) is 0.828. The Balaban J connectivity index is 1.22. The zero-order valence-corrected chi connectivity index (χ0v) is 20.0. The number of likely N-dealkylation sites (tertiary alicyclic amines) is 2. The van der Waals surface area contributed by atoms with Gasteiger partial charge in [0.25, 0.3) is 5.91 Å². The topological polar surface area (TPSA) is 69.3 Å². The van der Waals surface area contributed by atoms with Gasteiger partial charge in [-0.3, -0.25) is 14.6 Å². The lowest BCUT2D eigenvalue weighted by Crippen LogP contribution is -2.52. The molecular weight excluding hydrogens is 424 g/mol. The number of pyridine rings is 1. The third kappa shape index (κ3) is 4.59. The van der Waals surface area contributed by atoms with E-state index in [0.717, 1.165) is 68.2 Å². The number of piperidine rings is 2. The number of aromatic amines is 1. The molecular formula is C28H34N4O2. The van der Waals surface area contributed by atoms with Crippen LogP contribution in [0.1, 0.15) is 54.9 Å². The molecule has 2 aliphatic heterocycles. The number of nitrogens with one attached hydrogen (secondary N) is 1. The molecule has 34 heavy (non-hydrogen) atoms. The summed E-state index contributed by atoms with van der Waals surface area (Å²) >= 11 is 0. The number of nitrogens with zero attached hydrogens (tertiary/aromatic N) is 3. The van der Waals surface area contributed by atoms with Crippen LogP contribution in [0.3, 0.4) is 0 Å². The maximum atomic E-state index is 13.5. The quantitative estimate of drug-likeness (QED) is 0.604. The number of amides is 2. The Morgan fingerprint density at radius 1 is 1.06 bits per heavy atom. The first-order valence-corrected chi connectivity index (χ1v) is 12.7. The second kappa shape index (κ2) is 10.00. The van der Waals surface area contributed by atoms with Crippen molar-refractivity contribution in [2.45, 2.75) is 51.5 Å². The number of rotatable bonds is 5. The van der Waals surface area contributed by atoms with Gasteiger partial charge >= 0.3 is 0 Å². The lowest BCUT2D eigenvalue weighted by atomic mass is 9.82. The van der Waals surface area contributed by atoms with E-state index in [1.54, 1.807) is 18.6 Å². The van der Waals surface area contributed by atoms with Gasteiger partial charge in [0.2, 0.25) is 5.91 Å². The number of H-pyrrole nitrogens is 1. The predicted octanol–water partition coefficient (Wildman–Crippen LogP) is 4.68. The first-order chi connectivity index (χ1) is 16.6. The molecule has 2 fully saturated rings. The molecule has 2 atom stereocenters. The van der Waals surface area contributed by atoms with Gasteiger partial charge in [0, 0.05) is 49.4 Å². The van der Waals surface area contributed by atoms with E-state index in [2.05, 4.69) is 33.9 Å². The molecule has 4 heterocycles. The fourth-order valence-electron chi connectivity index (χ4n) is 5.87. The highest BCUT2D eigenvalue weighted by Gasteiger charge is 2.37. The first-order valence-electron chi connectivity index (χ1n) is 12.7. The van der Waals surface area contributed by atoms with E-state index in [0.29, 0.717) is 17.9 Å². The van der Waals surface area contributed by atoms with E-state index >= 15 is 0 Å². The third-order valence-corrected chi connectivity index (χ3v) is 7.72. The first kappa shape index (κ1) is 22.6. The summed E-state index contributed by atoms with van der Waals surface area (Å²) in [6.45, 7) is 4.43. The summed E-state index contributed by atoms with van der Waals surface area (Å²) < 4.78 is 0. The van der Waals surface area contributed by atoms with Crippen LogP contribution >= 0.6 is 0 Å². The zero-order chi connectivity index (χ0) is 23.5. The molecule has 6 heteroatoms. The number of aromatic nitrogens is 2. The van der Waals surface area contributed by atoms with E-state index in [9.17, 15) is 9.59 Å². The van der Waals surface area contributed by atoms with Gasteiger partial charge in [-0.25, -0.2) is 0 Å². The highest BCUT2D eigenvalue weighted by Crippen LogP contribution is 2.32. The molecule has 2 saturated heterocycles. The number of fused-ring (bicyclic) bond motifs is 1. The van der Waals surface area contributed by atoms with E-state index in [-0.39, 0.29) is 11.8 Å². The Hall–Kier alpha value is -3.15. The lowest BCUT2D eigenvalue weighted by molar-refractivity contribution is -0.140. The highest BCUT2D eigenvalue weighted by molar-refractivity contribution is 6.06. The summed E-state index contributed by atoms with van der Waals surface area (Å²) in [6, 6.07) is 12.5. The van der Waals surface area contributed by atoms with Crippen LogP contribution in [0.25, 0.3) is 10.9 Å². The molecule has 0 radical (unpaired) electrons. The minimum absolute atomic E-state index is 0.0129. The highest BCUT2D eigenvalue weighted by atomic mass is 16.2. The maximum Gasteiger partial charge on any atom is 0.256 e. The molecule has 2 amide bonds. The van der Waals surface area contributed by atoms with Crippen LogP contribution in [-0.2, 0) is 11.2 Å². The van der Waals surface area contributed by atoms with E-state index in [1.807, 2.05) is 29.2 Å². The van der Waals surface area contributed by atoms with Crippen molar-refractivity contribution in [1.82, 2.24) is 19.8 Å². The van der Waals surface area contributed by atoms with Gasteiger partial charge in [0.1, 0.15) is 0 Å². The largest absolute Gasteiger partial charge is 0.359 e. The van der Waals surface area contributed by atoms with E-state index < -0.39 is 0 Å². The molecule has 0 bridgehead atoms. The monoisotopic (exact) mass is 458 g/mol. The molecule has 178 valence electrons. The second-order valence-electron chi connectivity index (χ2n) is 9.94. The molecule has 0 aliphatic carbocycles. The van der Waals surface area contributed by atoms with Crippen molar-refractivity contribution in [3.63, 3.8) is 0 Å². The Morgan fingerprint density at radius 3 is 2.65 bits per heavy atom. The van der Waals surface area contributed by atoms with Gasteiger partial charge in [-0.15, -0.1) is 0 Å². The summed E-state index contributed by atoms with van der Waals surface area (Å²) in [5, 5.41) is 0.929. The Labute approximate surface area is 201 Å². The van der Waals surface area contributed by atoms with Crippen LogP contribution in [0.15, 0.2) is 55.0 Å². The van der Waals surface area contributed by atoms with Crippen molar-refractivity contribution in [3.8, 4) is 0 Å². The summed E-state index contributed by atoms with van der Waals surface area (Å²) in [5.41, 5.74) is 2.83.